The number of thiazole rings is 1. The molecule has 2 aliphatic rings. The lowest BCUT2D eigenvalue weighted by Crippen LogP contribution is -2.44. The highest BCUT2D eigenvalue weighted by Gasteiger charge is 2.38. The summed E-state index contributed by atoms with van der Waals surface area (Å²) >= 11 is 1.21. The number of ether oxygens (including phenoxy) is 1. The number of aromatic nitrogens is 1. The van der Waals surface area contributed by atoms with Gasteiger partial charge in [0.25, 0.3) is 5.91 Å². The number of rotatable bonds is 1. The number of allylic oxidation sites excluding steroid dienone is 2. The molecule has 0 aromatic carbocycles. The zero-order valence-corrected chi connectivity index (χ0v) is 23.2. The van der Waals surface area contributed by atoms with Gasteiger partial charge in [-0.15, -0.1) is 11.3 Å². The summed E-state index contributed by atoms with van der Waals surface area (Å²) in [6.07, 6.45) is 7.92. The summed E-state index contributed by atoms with van der Waals surface area (Å²) in [5, 5.41) is 15.1. The first-order valence-electron chi connectivity index (χ1n) is 13.0. The zero-order valence-electron chi connectivity index (χ0n) is 22.4. The number of hydrogen-bond acceptors (Lipinski definition) is 8. The zero-order chi connectivity index (χ0) is 27.8. The van der Waals surface area contributed by atoms with E-state index in [4.69, 9.17) is 4.74 Å². The Kier molecular flexibility index (Phi) is 10.6. The second-order valence-corrected chi connectivity index (χ2v) is 11.1. The summed E-state index contributed by atoms with van der Waals surface area (Å²) in [5.74, 6) is -1.55. The van der Waals surface area contributed by atoms with Crippen LogP contribution in [0.5, 0.6) is 0 Å². The molecule has 38 heavy (non-hydrogen) atoms. The maximum absolute atomic E-state index is 13.2. The number of ketones is 1. The number of Topliss-reactive ketones (excluding diaryl/α,β-unsaturated/α-hetero) is 1. The van der Waals surface area contributed by atoms with E-state index in [0.717, 1.165) is 5.57 Å². The quantitative estimate of drug-likeness (QED) is 0.522. The number of nitrogens with one attached hydrogen (secondary N) is 1. The number of cyclic esters (lactones) is 1. The summed E-state index contributed by atoms with van der Waals surface area (Å²) in [5.41, 5.74) is 0.950. The van der Waals surface area contributed by atoms with Gasteiger partial charge in [-0.1, -0.05) is 50.6 Å². The van der Waals surface area contributed by atoms with Crippen molar-refractivity contribution in [2.75, 3.05) is 13.1 Å². The number of carbonyl (C=O) groups excluding carboxylic acids is 4. The van der Waals surface area contributed by atoms with Crippen LogP contribution in [0.25, 0.3) is 0 Å². The molecule has 0 aliphatic carbocycles. The third-order valence-electron chi connectivity index (χ3n) is 6.55. The minimum absolute atomic E-state index is 0.00613. The van der Waals surface area contributed by atoms with Gasteiger partial charge in [0.05, 0.1) is 12.5 Å². The molecule has 3 rings (SSSR count). The minimum atomic E-state index is -0.959. The van der Waals surface area contributed by atoms with Gasteiger partial charge >= 0.3 is 5.97 Å². The van der Waals surface area contributed by atoms with E-state index < -0.39 is 24.2 Å². The summed E-state index contributed by atoms with van der Waals surface area (Å²) in [4.78, 5) is 57.0. The number of nitrogens with zero attached hydrogens (tertiary/aromatic N) is 2. The van der Waals surface area contributed by atoms with Gasteiger partial charge in [0.15, 0.2) is 0 Å². The molecule has 1 saturated heterocycles. The molecule has 1 aromatic rings. The van der Waals surface area contributed by atoms with E-state index in [-0.39, 0.29) is 54.5 Å². The number of fused-ring (bicyclic) bond motifs is 3. The van der Waals surface area contributed by atoms with E-state index in [2.05, 4.69) is 10.3 Å². The van der Waals surface area contributed by atoms with Crippen molar-refractivity contribution < 1.29 is 29.0 Å². The number of aliphatic hydroxyl groups excluding tert-OH is 1. The van der Waals surface area contributed by atoms with Crippen molar-refractivity contribution in [1.29, 1.82) is 0 Å². The van der Waals surface area contributed by atoms with Crippen LogP contribution in [-0.4, -0.2) is 69.9 Å². The summed E-state index contributed by atoms with van der Waals surface area (Å²) in [6, 6.07) is -0.714. The van der Waals surface area contributed by atoms with Gasteiger partial charge in [-0.2, -0.15) is 0 Å². The van der Waals surface area contributed by atoms with Crippen molar-refractivity contribution in [3.05, 3.63) is 52.0 Å². The van der Waals surface area contributed by atoms with Crippen LogP contribution in [0.1, 0.15) is 62.5 Å². The molecule has 1 aromatic heterocycles. The van der Waals surface area contributed by atoms with Gasteiger partial charge in [-0.3, -0.25) is 14.4 Å². The highest BCUT2D eigenvalue weighted by Crippen LogP contribution is 2.26. The third kappa shape index (κ3) is 8.19. The van der Waals surface area contributed by atoms with Crippen molar-refractivity contribution in [2.24, 2.45) is 11.8 Å². The van der Waals surface area contributed by atoms with E-state index in [0.29, 0.717) is 24.4 Å². The topological polar surface area (TPSA) is 126 Å². The molecule has 2 N–H and O–H groups in total. The second kappa shape index (κ2) is 13.6. The first kappa shape index (κ1) is 29.4. The monoisotopic (exact) mass is 543 g/mol. The van der Waals surface area contributed by atoms with Gasteiger partial charge in [-0.25, -0.2) is 9.78 Å². The molecule has 0 radical (unpaired) electrons. The van der Waals surface area contributed by atoms with E-state index in [9.17, 15) is 24.3 Å². The Morgan fingerprint density at radius 2 is 1.97 bits per heavy atom. The Hall–Kier alpha value is -3.11. The van der Waals surface area contributed by atoms with Crippen LogP contribution >= 0.6 is 11.3 Å². The predicted octanol–water partition coefficient (Wildman–Crippen LogP) is 3.00. The van der Waals surface area contributed by atoms with Gasteiger partial charge in [0, 0.05) is 30.8 Å². The number of esters is 1. The van der Waals surface area contributed by atoms with Crippen LogP contribution in [0.3, 0.4) is 0 Å². The Labute approximate surface area is 227 Å². The summed E-state index contributed by atoms with van der Waals surface area (Å²) < 4.78 is 5.90. The molecule has 10 heteroatoms. The number of hydrogen-bond donors (Lipinski definition) is 2. The van der Waals surface area contributed by atoms with Crippen LogP contribution in [0.2, 0.25) is 0 Å². The summed E-state index contributed by atoms with van der Waals surface area (Å²) in [6.45, 7) is 8.28. The lowest BCUT2D eigenvalue weighted by Gasteiger charge is -2.29. The molecule has 3 heterocycles. The Balaban J connectivity index is 1.85. The van der Waals surface area contributed by atoms with Crippen LogP contribution in [0, 0.1) is 11.8 Å². The minimum Gasteiger partial charge on any atom is -0.460 e. The molecule has 0 spiro atoms. The van der Waals surface area contributed by atoms with E-state index in [1.807, 2.05) is 20.8 Å². The molecule has 2 aliphatic heterocycles. The molecule has 1 fully saturated rings. The molecule has 4 atom stereocenters. The van der Waals surface area contributed by atoms with Gasteiger partial charge in [-0.05, 0) is 31.8 Å². The molecule has 2 amide bonds. The summed E-state index contributed by atoms with van der Waals surface area (Å²) in [7, 11) is 0. The standard InChI is InChI=1S/C28H37N3O6S/c1-17(2)26-19(4)9-10-24(34)29-11-5-7-18(3)13-20(32)14-21(33)15-25-30-22(16-38-25)27(35)31-12-6-8-23(31)28(36)37-26/h5,7,9-10,13,16-17,19-20,23,26,32H,6,8,11-12,14-15H2,1-4H3,(H,29,34)/b7-5+,10-9+,18-13+/t19-,20-,23-,26?/m1/s1. The number of amides is 2. The van der Waals surface area contributed by atoms with E-state index >= 15 is 0 Å². The average Bonchev–Trinajstić information content (AvgIpc) is 3.52. The van der Waals surface area contributed by atoms with Crippen molar-refractivity contribution in [3.8, 4) is 0 Å². The van der Waals surface area contributed by atoms with Crippen LogP contribution in [-0.2, 0) is 25.5 Å². The molecular weight excluding hydrogens is 506 g/mol. The van der Waals surface area contributed by atoms with Crippen LogP contribution in [0.15, 0.2) is 41.3 Å². The van der Waals surface area contributed by atoms with Crippen LogP contribution < -0.4 is 5.32 Å². The normalized spacial score (nSPS) is 29.7. The third-order valence-corrected chi connectivity index (χ3v) is 7.40. The molecule has 0 saturated carbocycles. The Morgan fingerprint density at radius 1 is 1.21 bits per heavy atom. The highest BCUT2D eigenvalue weighted by molar-refractivity contribution is 7.09. The van der Waals surface area contributed by atoms with Crippen molar-refractivity contribution >= 4 is 34.9 Å². The molecule has 206 valence electrons. The maximum atomic E-state index is 13.2. The van der Waals surface area contributed by atoms with Gasteiger partial charge in [0.1, 0.15) is 28.6 Å². The lowest BCUT2D eigenvalue weighted by molar-refractivity contribution is -0.158. The maximum Gasteiger partial charge on any atom is 0.329 e. The van der Waals surface area contributed by atoms with Gasteiger partial charge < -0.3 is 20.1 Å². The van der Waals surface area contributed by atoms with Crippen molar-refractivity contribution in [3.63, 3.8) is 0 Å². The second-order valence-electron chi connectivity index (χ2n) is 10.2. The first-order valence-corrected chi connectivity index (χ1v) is 13.9. The molecule has 9 nitrogen and oxygen atoms in total. The molecule has 1 unspecified atom stereocenters. The largest absolute Gasteiger partial charge is 0.460 e. The van der Waals surface area contributed by atoms with Crippen molar-refractivity contribution in [2.45, 2.75) is 71.6 Å². The SMILES string of the molecule is CC1=C\[C@@H](O)CC(=O)Cc2nc(cs2)C(=O)N2CCC[C@@H]2C(=O)OC(C(C)C)[C@H](C)/C=C/C(=O)NC\C=C\1. The van der Waals surface area contributed by atoms with E-state index in [1.165, 1.54) is 22.3 Å². The first-order chi connectivity index (χ1) is 18.0. The fourth-order valence-corrected chi connectivity index (χ4v) is 5.46. The van der Waals surface area contributed by atoms with Gasteiger partial charge in [0.2, 0.25) is 5.91 Å². The Morgan fingerprint density at radius 3 is 2.71 bits per heavy atom. The smallest absolute Gasteiger partial charge is 0.329 e. The fourth-order valence-electron chi connectivity index (χ4n) is 4.66. The number of carbonyl (C=O) groups is 4. The van der Waals surface area contributed by atoms with E-state index in [1.54, 1.807) is 36.6 Å². The fraction of sp³-hybridized carbons (Fsp3) is 0.536. The van der Waals surface area contributed by atoms with Crippen molar-refractivity contribution in [1.82, 2.24) is 15.2 Å². The molecule has 2 bridgehead atoms. The lowest BCUT2D eigenvalue weighted by atomic mass is 9.94. The highest BCUT2D eigenvalue weighted by atomic mass is 32.1. The average molecular weight is 544 g/mol. The van der Waals surface area contributed by atoms with Crippen LogP contribution in [0.4, 0.5) is 0 Å². The number of aliphatic hydroxyl groups is 1. The Bertz CT molecular complexity index is 1120. The predicted molar refractivity (Wildman–Crippen MR) is 144 cm³/mol. The molecular formula is C28H37N3O6S.